The van der Waals surface area contributed by atoms with E-state index in [1.54, 1.807) is 0 Å². The van der Waals surface area contributed by atoms with Gasteiger partial charge in [-0.3, -0.25) is 4.90 Å². The lowest BCUT2D eigenvalue weighted by Gasteiger charge is -2.25. The average molecular weight is 285 g/mol. The molecule has 0 aliphatic rings. The molecule has 2 N–H and O–H groups in total. The number of rotatable bonds is 6. The first kappa shape index (κ1) is 16.4. The molecule has 1 aromatic carbocycles. The Labute approximate surface area is 121 Å². The van der Waals surface area contributed by atoms with Crippen LogP contribution in [-0.2, 0) is 6.54 Å². The zero-order valence-electron chi connectivity index (χ0n) is 12.3. The summed E-state index contributed by atoms with van der Waals surface area (Å²) in [5.74, 6) is 0. The smallest absolute Gasteiger partial charge is 0.0791 e. The first-order valence-corrected chi connectivity index (χ1v) is 7.01. The number of aliphatic hydroxyl groups excluding tert-OH is 1. The third-order valence-electron chi connectivity index (χ3n) is 2.79. The maximum absolute atomic E-state index is 9.99. The van der Waals surface area contributed by atoms with Crippen LogP contribution in [0, 0.1) is 0 Å². The molecule has 108 valence electrons. The van der Waals surface area contributed by atoms with Crippen molar-refractivity contribution in [3.8, 4) is 0 Å². The van der Waals surface area contributed by atoms with E-state index in [2.05, 4.69) is 31.0 Å². The highest BCUT2D eigenvalue weighted by atomic mass is 35.5. The van der Waals surface area contributed by atoms with E-state index in [-0.39, 0.29) is 11.6 Å². The molecule has 0 fully saturated rings. The second kappa shape index (κ2) is 7.25. The van der Waals surface area contributed by atoms with E-state index >= 15 is 0 Å². The fourth-order valence-electron chi connectivity index (χ4n) is 1.83. The van der Waals surface area contributed by atoms with E-state index < -0.39 is 0 Å². The fourth-order valence-corrected chi connectivity index (χ4v) is 2.03. The van der Waals surface area contributed by atoms with Gasteiger partial charge in [-0.1, -0.05) is 29.8 Å². The minimum absolute atomic E-state index is 0.0300. The number of benzene rings is 1. The van der Waals surface area contributed by atoms with Gasteiger partial charge < -0.3 is 10.4 Å². The van der Waals surface area contributed by atoms with Gasteiger partial charge in [-0.05, 0) is 39.4 Å². The highest BCUT2D eigenvalue weighted by molar-refractivity contribution is 6.31. The van der Waals surface area contributed by atoms with Crippen molar-refractivity contribution < 1.29 is 5.11 Å². The molecule has 0 bridgehead atoms. The van der Waals surface area contributed by atoms with Gasteiger partial charge in [0.05, 0.1) is 6.10 Å². The summed E-state index contributed by atoms with van der Waals surface area (Å²) < 4.78 is 0. The van der Waals surface area contributed by atoms with Crippen LogP contribution in [0.3, 0.4) is 0 Å². The van der Waals surface area contributed by atoms with Crippen LogP contribution in [-0.4, -0.2) is 41.8 Å². The van der Waals surface area contributed by atoms with Crippen LogP contribution in [0.25, 0.3) is 0 Å². The molecule has 0 saturated heterocycles. The van der Waals surface area contributed by atoms with Gasteiger partial charge in [0, 0.05) is 30.2 Å². The van der Waals surface area contributed by atoms with Crippen LogP contribution in [0.1, 0.15) is 26.3 Å². The molecule has 0 aliphatic heterocycles. The van der Waals surface area contributed by atoms with Crippen LogP contribution >= 0.6 is 11.6 Å². The van der Waals surface area contributed by atoms with Gasteiger partial charge in [0.15, 0.2) is 0 Å². The Kier molecular flexibility index (Phi) is 6.27. The van der Waals surface area contributed by atoms with Gasteiger partial charge in [-0.2, -0.15) is 0 Å². The molecule has 4 heteroatoms. The van der Waals surface area contributed by atoms with E-state index in [1.165, 1.54) is 0 Å². The predicted octanol–water partition coefficient (Wildman–Crippen LogP) is 2.52. The summed E-state index contributed by atoms with van der Waals surface area (Å²) in [7, 11) is 1.99. The summed E-state index contributed by atoms with van der Waals surface area (Å²) in [6, 6.07) is 7.81. The normalized spacial score (nSPS) is 13.8. The van der Waals surface area contributed by atoms with Gasteiger partial charge in [0.2, 0.25) is 0 Å². The van der Waals surface area contributed by atoms with Crippen molar-refractivity contribution in [2.75, 3.05) is 20.1 Å². The standard InChI is InChI=1S/C15H25ClN2O/c1-15(2,3)17-9-13(19)11-18(4)10-12-7-5-6-8-14(12)16/h5-8,13,17,19H,9-11H2,1-4H3. The van der Waals surface area contributed by atoms with E-state index in [9.17, 15) is 5.11 Å². The molecule has 1 unspecified atom stereocenters. The zero-order chi connectivity index (χ0) is 14.5. The third-order valence-corrected chi connectivity index (χ3v) is 3.16. The van der Waals surface area contributed by atoms with Crippen LogP contribution < -0.4 is 5.32 Å². The summed E-state index contributed by atoms with van der Waals surface area (Å²) >= 11 is 6.12. The molecule has 3 nitrogen and oxygen atoms in total. The lowest BCUT2D eigenvalue weighted by Crippen LogP contribution is -2.44. The molecule has 0 spiro atoms. The molecule has 0 heterocycles. The van der Waals surface area contributed by atoms with Crippen molar-refractivity contribution in [3.63, 3.8) is 0 Å². The Morgan fingerprint density at radius 3 is 2.53 bits per heavy atom. The van der Waals surface area contributed by atoms with Gasteiger partial charge in [0.25, 0.3) is 0 Å². The minimum Gasteiger partial charge on any atom is -0.390 e. The van der Waals surface area contributed by atoms with Crippen molar-refractivity contribution in [3.05, 3.63) is 34.9 Å². The van der Waals surface area contributed by atoms with Gasteiger partial charge in [-0.25, -0.2) is 0 Å². The maximum atomic E-state index is 9.99. The molecule has 19 heavy (non-hydrogen) atoms. The van der Waals surface area contributed by atoms with E-state index in [0.29, 0.717) is 13.1 Å². The number of likely N-dealkylation sites (N-methyl/N-ethyl adjacent to an activating group) is 1. The number of hydrogen-bond donors (Lipinski definition) is 2. The quantitative estimate of drug-likeness (QED) is 0.843. The second-order valence-electron chi connectivity index (χ2n) is 6.07. The topological polar surface area (TPSA) is 35.5 Å². The van der Waals surface area contributed by atoms with Gasteiger partial charge in [-0.15, -0.1) is 0 Å². The summed E-state index contributed by atoms with van der Waals surface area (Å²) in [6.45, 7) is 8.23. The molecule has 0 aliphatic carbocycles. The number of β-amino-alcohol motifs (C(OH)–C–C–N with tert-alkyl or cyclic N) is 1. The molecular formula is C15H25ClN2O. The van der Waals surface area contributed by atoms with Gasteiger partial charge >= 0.3 is 0 Å². The number of aliphatic hydroxyl groups is 1. The fraction of sp³-hybridized carbons (Fsp3) is 0.600. The van der Waals surface area contributed by atoms with Crippen molar-refractivity contribution in [2.24, 2.45) is 0 Å². The number of halogens is 1. The molecule has 1 aromatic rings. The Hall–Kier alpha value is -0.610. The number of hydrogen-bond acceptors (Lipinski definition) is 3. The monoisotopic (exact) mass is 284 g/mol. The van der Waals surface area contributed by atoms with E-state index in [0.717, 1.165) is 17.1 Å². The van der Waals surface area contributed by atoms with Gasteiger partial charge in [0.1, 0.15) is 0 Å². The first-order valence-electron chi connectivity index (χ1n) is 6.63. The Morgan fingerprint density at radius 2 is 1.95 bits per heavy atom. The van der Waals surface area contributed by atoms with Crippen molar-refractivity contribution >= 4 is 11.6 Å². The molecular weight excluding hydrogens is 260 g/mol. The number of nitrogens with zero attached hydrogens (tertiary/aromatic N) is 1. The molecule has 0 amide bonds. The first-order chi connectivity index (χ1) is 8.78. The highest BCUT2D eigenvalue weighted by Crippen LogP contribution is 2.16. The van der Waals surface area contributed by atoms with Crippen molar-refractivity contribution in [2.45, 2.75) is 39.0 Å². The molecule has 0 radical (unpaired) electrons. The maximum Gasteiger partial charge on any atom is 0.0791 e. The Balaban J connectivity index is 2.39. The lowest BCUT2D eigenvalue weighted by atomic mass is 10.1. The Bertz CT molecular complexity index is 390. The van der Waals surface area contributed by atoms with E-state index in [1.807, 2.05) is 31.3 Å². The summed E-state index contributed by atoms with van der Waals surface area (Å²) in [6.07, 6.45) is -0.383. The molecule has 0 saturated carbocycles. The third kappa shape index (κ3) is 6.92. The minimum atomic E-state index is -0.383. The predicted molar refractivity (Wildman–Crippen MR) is 81.5 cm³/mol. The summed E-state index contributed by atoms with van der Waals surface area (Å²) in [5, 5.41) is 14.1. The molecule has 1 rings (SSSR count). The average Bonchev–Trinajstić information content (AvgIpc) is 2.29. The van der Waals surface area contributed by atoms with Crippen LogP contribution in [0.5, 0.6) is 0 Å². The van der Waals surface area contributed by atoms with E-state index in [4.69, 9.17) is 11.6 Å². The largest absolute Gasteiger partial charge is 0.390 e. The molecule has 1 atom stereocenters. The van der Waals surface area contributed by atoms with Crippen LogP contribution in [0.4, 0.5) is 0 Å². The second-order valence-corrected chi connectivity index (χ2v) is 6.48. The number of nitrogens with one attached hydrogen (secondary N) is 1. The molecule has 0 aromatic heterocycles. The van der Waals surface area contributed by atoms with Crippen molar-refractivity contribution in [1.82, 2.24) is 10.2 Å². The summed E-state index contributed by atoms with van der Waals surface area (Å²) in [5.41, 5.74) is 1.12. The zero-order valence-corrected chi connectivity index (χ0v) is 13.0. The lowest BCUT2D eigenvalue weighted by molar-refractivity contribution is 0.114. The SMILES string of the molecule is CN(Cc1ccccc1Cl)CC(O)CNC(C)(C)C. The van der Waals surface area contributed by atoms with Crippen LogP contribution in [0.2, 0.25) is 5.02 Å². The van der Waals surface area contributed by atoms with Crippen LogP contribution in [0.15, 0.2) is 24.3 Å². The Morgan fingerprint density at radius 1 is 1.32 bits per heavy atom. The van der Waals surface area contributed by atoms with Crippen molar-refractivity contribution in [1.29, 1.82) is 0 Å². The highest BCUT2D eigenvalue weighted by Gasteiger charge is 2.14. The summed E-state index contributed by atoms with van der Waals surface area (Å²) in [4.78, 5) is 2.08.